The molecule has 0 unspecified atom stereocenters. The lowest BCUT2D eigenvalue weighted by molar-refractivity contribution is 0.122. The summed E-state index contributed by atoms with van der Waals surface area (Å²) < 4.78 is 27.1. The lowest BCUT2D eigenvalue weighted by Crippen LogP contribution is -2.45. The van der Waals surface area contributed by atoms with Crippen LogP contribution in [-0.2, 0) is 0 Å². The highest BCUT2D eigenvalue weighted by Gasteiger charge is 2.36. The molecule has 2 atom stereocenters. The molecular formula is C17H16F2N2S2. The average Bonchev–Trinajstić information content (AvgIpc) is 2.54. The van der Waals surface area contributed by atoms with Crippen molar-refractivity contribution < 1.29 is 8.78 Å². The molecule has 0 aliphatic carbocycles. The van der Waals surface area contributed by atoms with Crippen LogP contribution in [0.1, 0.15) is 22.7 Å². The lowest BCUT2D eigenvalue weighted by atomic mass is 10.1. The first-order valence-corrected chi connectivity index (χ1v) is 8.42. The first kappa shape index (κ1) is 16.4. The molecule has 0 amide bonds. The van der Waals surface area contributed by atoms with Gasteiger partial charge in [0.15, 0.2) is 0 Å². The Balaban J connectivity index is 1.96. The van der Waals surface area contributed by atoms with Crippen LogP contribution in [0.3, 0.4) is 0 Å². The molecule has 23 heavy (non-hydrogen) atoms. The Morgan fingerprint density at radius 3 is 1.87 bits per heavy atom. The van der Waals surface area contributed by atoms with Crippen molar-refractivity contribution in [2.45, 2.75) is 11.5 Å². The maximum atomic E-state index is 13.2. The molecule has 120 valence electrons. The Morgan fingerprint density at radius 1 is 0.870 bits per heavy atom. The van der Waals surface area contributed by atoms with E-state index in [0.29, 0.717) is 0 Å². The monoisotopic (exact) mass is 350 g/mol. The lowest BCUT2D eigenvalue weighted by Gasteiger charge is -2.46. The Kier molecular flexibility index (Phi) is 4.66. The van der Waals surface area contributed by atoms with E-state index in [2.05, 4.69) is 4.90 Å². The molecule has 2 aromatic carbocycles. The van der Waals surface area contributed by atoms with Crippen molar-refractivity contribution in [1.29, 1.82) is 0 Å². The molecule has 6 heteroatoms. The Hall–Kier alpha value is -1.50. The van der Waals surface area contributed by atoms with Gasteiger partial charge in [-0.05, 0) is 42.4 Å². The summed E-state index contributed by atoms with van der Waals surface area (Å²) >= 11 is 7.05. The topological polar surface area (TPSA) is 6.48 Å². The summed E-state index contributed by atoms with van der Waals surface area (Å²) in [6.07, 6.45) is -0.0978. The molecule has 1 fully saturated rings. The molecule has 3 rings (SSSR count). The summed E-state index contributed by atoms with van der Waals surface area (Å²) in [6, 6.07) is 12.9. The fourth-order valence-electron chi connectivity index (χ4n) is 2.79. The summed E-state index contributed by atoms with van der Waals surface area (Å²) in [5.74, 6) is -0.520. The summed E-state index contributed by atoms with van der Waals surface area (Å²) in [4.78, 5) is 4.15. The molecule has 0 spiro atoms. The van der Waals surface area contributed by atoms with Gasteiger partial charge in [-0.3, -0.25) is 4.90 Å². The van der Waals surface area contributed by atoms with Crippen molar-refractivity contribution in [3.8, 4) is 0 Å². The number of thiocarbonyl (C=S) groups is 1. The first-order chi connectivity index (χ1) is 11.0. The van der Waals surface area contributed by atoms with E-state index in [1.165, 1.54) is 24.3 Å². The predicted molar refractivity (Wildman–Crippen MR) is 94.0 cm³/mol. The number of rotatable bonds is 2. The van der Waals surface area contributed by atoms with Gasteiger partial charge in [0.1, 0.15) is 22.1 Å². The number of halogens is 2. The Bertz CT molecular complexity index is 704. The van der Waals surface area contributed by atoms with Crippen LogP contribution in [0, 0.1) is 11.6 Å². The quantitative estimate of drug-likeness (QED) is 0.732. The van der Waals surface area contributed by atoms with Gasteiger partial charge in [0, 0.05) is 7.05 Å². The van der Waals surface area contributed by atoms with E-state index in [9.17, 15) is 8.78 Å². The minimum atomic E-state index is -0.262. The van der Waals surface area contributed by atoms with E-state index >= 15 is 0 Å². The maximum absolute atomic E-state index is 13.2. The van der Waals surface area contributed by atoms with Crippen LogP contribution in [0.15, 0.2) is 48.5 Å². The van der Waals surface area contributed by atoms with E-state index < -0.39 is 0 Å². The zero-order chi connectivity index (χ0) is 16.6. The fraction of sp³-hybridized carbons (Fsp3) is 0.235. The van der Waals surface area contributed by atoms with Crippen LogP contribution < -0.4 is 0 Å². The van der Waals surface area contributed by atoms with Crippen molar-refractivity contribution >= 4 is 28.3 Å². The highest BCUT2D eigenvalue weighted by Crippen LogP contribution is 2.44. The number of thioether (sulfide) groups is 1. The third-order valence-electron chi connectivity index (χ3n) is 3.95. The van der Waals surface area contributed by atoms with Crippen LogP contribution in [0.5, 0.6) is 0 Å². The van der Waals surface area contributed by atoms with Gasteiger partial charge in [-0.2, -0.15) is 0 Å². The van der Waals surface area contributed by atoms with Crippen LogP contribution in [0.4, 0.5) is 8.78 Å². The maximum Gasteiger partial charge on any atom is 0.139 e. The largest absolute Gasteiger partial charge is 0.341 e. The van der Waals surface area contributed by atoms with Crippen LogP contribution >= 0.6 is 24.0 Å². The number of hydrogen-bond acceptors (Lipinski definition) is 3. The summed E-state index contributed by atoms with van der Waals surface area (Å²) in [5.41, 5.74) is 1.95. The van der Waals surface area contributed by atoms with E-state index in [0.717, 1.165) is 15.4 Å². The predicted octanol–water partition coefficient (Wildman–Crippen LogP) is 4.56. The van der Waals surface area contributed by atoms with Gasteiger partial charge >= 0.3 is 0 Å². The van der Waals surface area contributed by atoms with Crippen molar-refractivity contribution in [2.24, 2.45) is 0 Å². The van der Waals surface area contributed by atoms with Crippen molar-refractivity contribution in [3.63, 3.8) is 0 Å². The fourth-order valence-corrected chi connectivity index (χ4v) is 4.19. The smallest absolute Gasteiger partial charge is 0.139 e. The van der Waals surface area contributed by atoms with Gasteiger partial charge in [-0.15, -0.1) is 0 Å². The van der Waals surface area contributed by atoms with Gasteiger partial charge in [0.2, 0.25) is 0 Å². The zero-order valence-corrected chi connectivity index (χ0v) is 14.4. The van der Waals surface area contributed by atoms with Crippen LogP contribution in [0.2, 0.25) is 0 Å². The number of benzene rings is 2. The summed E-state index contributed by atoms with van der Waals surface area (Å²) in [7, 11) is 3.92. The summed E-state index contributed by atoms with van der Waals surface area (Å²) in [5, 5.41) is -0.0191. The molecule has 1 aliphatic heterocycles. The van der Waals surface area contributed by atoms with Gasteiger partial charge in [-0.1, -0.05) is 48.2 Å². The van der Waals surface area contributed by atoms with Crippen molar-refractivity contribution in [1.82, 2.24) is 9.80 Å². The van der Waals surface area contributed by atoms with Crippen LogP contribution in [0.25, 0.3) is 0 Å². The Labute approximate surface area is 144 Å². The molecule has 1 heterocycles. The molecule has 2 nitrogen and oxygen atoms in total. The van der Waals surface area contributed by atoms with Crippen LogP contribution in [-0.4, -0.2) is 28.2 Å². The SMILES string of the molecule is CN1C(=S)S[C@@H](c2ccc(F)cc2)N(C)[C@H]1c1ccc(F)cc1. The van der Waals surface area contributed by atoms with E-state index in [4.69, 9.17) is 12.2 Å². The number of nitrogens with zero attached hydrogens (tertiary/aromatic N) is 2. The standard InChI is InChI=1S/C17H16F2N2S2/c1-20-15(11-3-7-13(18)8-4-11)21(2)17(22)23-16(20)12-5-9-14(19)10-6-12/h3-10,15-16H,1-2H3/t15-,16+/m1/s1. The highest BCUT2D eigenvalue weighted by atomic mass is 32.2. The first-order valence-electron chi connectivity index (χ1n) is 7.13. The molecule has 1 saturated heterocycles. The zero-order valence-electron chi connectivity index (χ0n) is 12.7. The second kappa shape index (κ2) is 6.55. The Morgan fingerprint density at radius 2 is 1.35 bits per heavy atom. The second-order valence-electron chi connectivity index (χ2n) is 5.49. The van der Waals surface area contributed by atoms with E-state index in [1.54, 1.807) is 36.0 Å². The number of hydrogen-bond donors (Lipinski definition) is 0. The molecule has 1 aliphatic rings. The van der Waals surface area contributed by atoms with Gasteiger partial charge < -0.3 is 4.90 Å². The second-order valence-corrected chi connectivity index (χ2v) is 7.20. The molecule has 0 radical (unpaired) electrons. The average molecular weight is 350 g/mol. The summed E-state index contributed by atoms with van der Waals surface area (Å²) in [6.45, 7) is 0. The highest BCUT2D eigenvalue weighted by molar-refractivity contribution is 8.23. The normalized spacial score (nSPS) is 22.4. The molecule has 0 bridgehead atoms. The van der Waals surface area contributed by atoms with E-state index in [-0.39, 0.29) is 23.2 Å². The van der Waals surface area contributed by atoms with E-state index in [1.807, 2.05) is 19.0 Å². The van der Waals surface area contributed by atoms with Crippen molar-refractivity contribution in [2.75, 3.05) is 14.1 Å². The van der Waals surface area contributed by atoms with Gasteiger partial charge in [-0.25, -0.2) is 8.78 Å². The third kappa shape index (κ3) is 3.24. The molecule has 0 N–H and O–H groups in total. The molecule has 2 aromatic rings. The van der Waals surface area contributed by atoms with Gasteiger partial charge in [0.05, 0.1) is 5.37 Å². The molecule has 0 saturated carbocycles. The minimum Gasteiger partial charge on any atom is -0.341 e. The molecule has 0 aromatic heterocycles. The van der Waals surface area contributed by atoms with Gasteiger partial charge in [0.25, 0.3) is 0 Å². The minimum absolute atomic E-state index is 0.0191. The third-order valence-corrected chi connectivity index (χ3v) is 5.84. The molecular weight excluding hydrogens is 334 g/mol. The van der Waals surface area contributed by atoms with Crippen molar-refractivity contribution in [3.05, 3.63) is 71.3 Å².